The molecule has 2 aliphatic rings. The molecule has 0 radical (unpaired) electrons. The van der Waals surface area contributed by atoms with Crippen molar-refractivity contribution in [1.82, 2.24) is 4.90 Å². The summed E-state index contributed by atoms with van der Waals surface area (Å²) in [6, 6.07) is 8.34. The SMILES string of the molecule is COC(=O)[C@@H]1C[C@H](O)CN1C[C@@H]1CCc2ccccc2C1. The average Bonchev–Trinajstić information content (AvgIpc) is 2.87. The fourth-order valence-corrected chi connectivity index (χ4v) is 3.72. The molecular formula is C17H23NO3. The number of carbonyl (C=O) groups is 1. The van der Waals surface area contributed by atoms with Crippen LogP contribution in [0.2, 0.25) is 0 Å². The number of hydrogen-bond donors (Lipinski definition) is 1. The Hall–Kier alpha value is -1.39. The molecular weight excluding hydrogens is 266 g/mol. The van der Waals surface area contributed by atoms with E-state index in [2.05, 4.69) is 29.2 Å². The number of aliphatic hydroxyl groups is 1. The summed E-state index contributed by atoms with van der Waals surface area (Å²) in [5, 5.41) is 9.85. The van der Waals surface area contributed by atoms with Gasteiger partial charge in [-0.1, -0.05) is 24.3 Å². The zero-order valence-corrected chi connectivity index (χ0v) is 12.5. The van der Waals surface area contributed by atoms with E-state index in [0.717, 1.165) is 25.8 Å². The van der Waals surface area contributed by atoms with Crippen molar-refractivity contribution in [3.63, 3.8) is 0 Å². The maximum atomic E-state index is 11.8. The van der Waals surface area contributed by atoms with E-state index in [1.165, 1.54) is 18.2 Å². The van der Waals surface area contributed by atoms with Crippen LogP contribution in [0, 0.1) is 5.92 Å². The van der Waals surface area contributed by atoms with Crippen LogP contribution in [-0.4, -0.2) is 48.3 Å². The van der Waals surface area contributed by atoms with Gasteiger partial charge in [-0.15, -0.1) is 0 Å². The van der Waals surface area contributed by atoms with E-state index in [1.807, 2.05) is 0 Å². The van der Waals surface area contributed by atoms with Crippen LogP contribution in [0.5, 0.6) is 0 Å². The van der Waals surface area contributed by atoms with Crippen molar-refractivity contribution < 1.29 is 14.6 Å². The summed E-state index contributed by atoms with van der Waals surface area (Å²) in [6.45, 7) is 1.45. The molecule has 0 unspecified atom stereocenters. The Morgan fingerprint density at radius 3 is 2.90 bits per heavy atom. The van der Waals surface area contributed by atoms with E-state index < -0.39 is 6.10 Å². The van der Waals surface area contributed by atoms with E-state index in [0.29, 0.717) is 18.9 Å². The van der Waals surface area contributed by atoms with Crippen molar-refractivity contribution in [1.29, 1.82) is 0 Å². The molecule has 1 N–H and O–H groups in total. The molecule has 3 atom stereocenters. The van der Waals surface area contributed by atoms with Crippen LogP contribution in [0.4, 0.5) is 0 Å². The molecule has 1 heterocycles. The lowest BCUT2D eigenvalue weighted by molar-refractivity contribution is -0.146. The van der Waals surface area contributed by atoms with Crippen molar-refractivity contribution in [2.24, 2.45) is 5.92 Å². The summed E-state index contributed by atoms with van der Waals surface area (Å²) in [5.74, 6) is 0.333. The first-order chi connectivity index (χ1) is 10.2. The highest BCUT2D eigenvalue weighted by Gasteiger charge is 2.37. The smallest absolute Gasteiger partial charge is 0.323 e. The van der Waals surface area contributed by atoms with Crippen molar-refractivity contribution in [2.45, 2.75) is 37.8 Å². The first kappa shape index (κ1) is 14.5. The van der Waals surface area contributed by atoms with E-state index >= 15 is 0 Å². The predicted octanol–water partition coefficient (Wildman–Crippen LogP) is 1.40. The number of fused-ring (bicyclic) bond motifs is 1. The zero-order chi connectivity index (χ0) is 14.8. The maximum absolute atomic E-state index is 11.8. The fourth-order valence-electron chi connectivity index (χ4n) is 3.72. The summed E-state index contributed by atoms with van der Waals surface area (Å²) >= 11 is 0. The number of likely N-dealkylation sites (tertiary alicyclic amines) is 1. The molecule has 21 heavy (non-hydrogen) atoms. The molecule has 1 aliphatic heterocycles. The number of nitrogens with zero attached hydrogens (tertiary/aromatic N) is 1. The molecule has 0 bridgehead atoms. The van der Waals surface area contributed by atoms with Crippen LogP contribution in [0.3, 0.4) is 0 Å². The van der Waals surface area contributed by atoms with Crippen molar-refractivity contribution >= 4 is 5.97 Å². The molecule has 114 valence electrons. The van der Waals surface area contributed by atoms with Crippen LogP contribution >= 0.6 is 0 Å². The summed E-state index contributed by atoms with van der Waals surface area (Å²) < 4.78 is 4.87. The van der Waals surface area contributed by atoms with Crippen LogP contribution < -0.4 is 0 Å². The highest BCUT2D eigenvalue weighted by molar-refractivity contribution is 5.76. The predicted molar refractivity (Wildman–Crippen MR) is 80.0 cm³/mol. The number of ether oxygens (including phenoxy) is 1. The van der Waals surface area contributed by atoms with Gasteiger partial charge in [-0.3, -0.25) is 9.69 Å². The third-order valence-corrected chi connectivity index (χ3v) is 4.80. The van der Waals surface area contributed by atoms with Gasteiger partial charge in [0, 0.05) is 19.5 Å². The second-order valence-corrected chi connectivity index (χ2v) is 6.26. The van der Waals surface area contributed by atoms with Crippen molar-refractivity contribution in [3.8, 4) is 0 Å². The van der Waals surface area contributed by atoms with E-state index in [9.17, 15) is 9.90 Å². The lowest BCUT2D eigenvalue weighted by atomic mass is 9.83. The van der Waals surface area contributed by atoms with Gasteiger partial charge >= 0.3 is 5.97 Å². The van der Waals surface area contributed by atoms with Crippen LogP contribution in [0.15, 0.2) is 24.3 Å². The van der Waals surface area contributed by atoms with Crippen LogP contribution in [0.25, 0.3) is 0 Å². The Labute approximate surface area is 125 Å². The minimum absolute atomic E-state index is 0.220. The number of aryl methyl sites for hydroxylation is 1. The second-order valence-electron chi connectivity index (χ2n) is 6.26. The Balaban J connectivity index is 1.65. The van der Waals surface area contributed by atoms with Gasteiger partial charge in [0.2, 0.25) is 0 Å². The quantitative estimate of drug-likeness (QED) is 0.855. The molecule has 0 amide bonds. The molecule has 0 aromatic heterocycles. The number of esters is 1. The summed E-state index contributed by atoms with van der Waals surface area (Å²) in [6.07, 6.45) is 3.41. The fraction of sp³-hybridized carbons (Fsp3) is 0.588. The van der Waals surface area contributed by atoms with Gasteiger partial charge in [-0.2, -0.15) is 0 Å². The summed E-state index contributed by atoms with van der Waals surface area (Å²) in [5.41, 5.74) is 2.89. The standard InChI is InChI=1S/C17H23NO3/c1-21-17(20)16-9-15(19)11-18(16)10-12-6-7-13-4-2-3-5-14(13)8-12/h2-5,12,15-16,19H,6-11H2,1H3/t12-,15+,16+/m1/s1. The molecule has 1 aromatic carbocycles. The Morgan fingerprint density at radius 2 is 2.14 bits per heavy atom. The second kappa shape index (κ2) is 6.16. The van der Waals surface area contributed by atoms with Gasteiger partial charge in [0.25, 0.3) is 0 Å². The number of hydrogen-bond acceptors (Lipinski definition) is 4. The lowest BCUT2D eigenvalue weighted by Crippen LogP contribution is -2.40. The van der Waals surface area contributed by atoms with Crippen molar-refractivity contribution in [2.75, 3.05) is 20.2 Å². The maximum Gasteiger partial charge on any atom is 0.323 e. The highest BCUT2D eigenvalue weighted by Crippen LogP contribution is 2.28. The van der Waals surface area contributed by atoms with E-state index in [4.69, 9.17) is 4.74 Å². The number of benzene rings is 1. The number of β-amino-alcohol motifs (C(OH)–C–C–N with tert-alkyl or cyclic N) is 1. The summed E-state index contributed by atoms with van der Waals surface area (Å²) in [4.78, 5) is 13.9. The van der Waals surface area contributed by atoms with Gasteiger partial charge in [-0.25, -0.2) is 0 Å². The Kier molecular flexibility index (Phi) is 4.27. The molecule has 3 rings (SSSR count). The first-order valence-corrected chi connectivity index (χ1v) is 7.74. The molecule has 4 nitrogen and oxygen atoms in total. The van der Waals surface area contributed by atoms with Gasteiger partial charge in [0.1, 0.15) is 6.04 Å². The van der Waals surface area contributed by atoms with Crippen LogP contribution in [0.1, 0.15) is 24.0 Å². The number of rotatable bonds is 3. The molecule has 0 spiro atoms. The van der Waals surface area contributed by atoms with Gasteiger partial charge in [0.05, 0.1) is 13.2 Å². The minimum Gasteiger partial charge on any atom is -0.468 e. The number of aliphatic hydroxyl groups excluding tert-OH is 1. The average molecular weight is 289 g/mol. The molecule has 1 saturated heterocycles. The molecule has 4 heteroatoms. The third-order valence-electron chi connectivity index (χ3n) is 4.80. The van der Waals surface area contributed by atoms with Gasteiger partial charge < -0.3 is 9.84 Å². The topological polar surface area (TPSA) is 49.8 Å². The highest BCUT2D eigenvalue weighted by atomic mass is 16.5. The number of carbonyl (C=O) groups excluding carboxylic acids is 1. The van der Waals surface area contributed by atoms with E-state index in [1.54, 1.807) is 0 Å². The van der Waals surface area contributed by atoms with E-state index in [-0.39, 0.29) is 12.0 Å². The zero-order valence-electron chi connectivity index (χ0n) is 12.5. The summed E-state index contributed by atoms with van der Waals surface area (Å²) in [7, 11) is 1.42. The van der Waals surface area contributed by atoms with Gasteiger partial charge in [0.15, 0.2) is 0 Å². The van der Waals surface area contributed by atoms with Crippen LogP contribution in [-0.2, 0) is 22.4 Å². The molecule has 0 saturated carbocycles. The largest absolute Gasteiger partial charge is 0.468 e. The molecule has 1 fully saturated rings. The number of methoxy groups -OCH3 is 1. The normalized spacial score (nSPS) is 29.1. The molecule has 1 aliphatic carbocycles. The lowest BCUT2D eigenvalue weighted by Gasteiger charge is -2.30. The Bertz CT molecular complexity index is 517. The monoisotopic (exact) mass is 289 g/mol. The Morgan fingerprint density at radius 1 is 1.38 bits per heavy atom. The van der Waals surface area contributed by atoms with Gasteiger partial charge in [-0.05, 0) is 36.3 Å². The minimum atomic E-state index is -0.412. The third kappa shape index (κ3) is 3.11. The first-order valence-electron chi connectivity index (χ1n) is 7.74. The molecule has 1 aromatic rings. The van der Waals surface area contributed by atoms with Crippen molar-refractivity contribution in [3.05, 3.63) is 35.4 Å².